The Kier molecular flexibility index (Phi) is 7.47. The van der Waals surface area contributed by atoms with Crippen molar-refractivity contribution in [1.29, 1.82) is 0 Å². The van der Waals surface area contributed by atoms with Crippen molar-refractivity contribution < 1.29 is 41.1 Å². The van der Waals surface area contributed by atoms with Gasteiger partial charge < -0.3 is 18.5 Å². The van der Waals surface area contributed by atoms with E-state index < -0.39 is 55.8 Å². The molecule has 0 bridgehead atoms. The maximum absolute atomic E-state index is 14.1. The molecule has 3 aromatic heterocycles. The van der Waals surface area contributed by atoms with Gasteiger partial charge in [-0.2, -0.15) is 13.2 Å². The van der Waals surface area contributed by atoms with Crippen LogP contribution in [0.4, 0.5) is 18.0 Å². The number of nitrogens with zero attached hydrogens (tertiary/aromatic N) is 4. The number of halogens is 4. The van der Waals surface area contributed by atoms with Crippen molar-refractivity contribution in [2.45, 2.75) is 63.6 Å². The fraction of sp³-hybridized carbons (Fsp3) is 0.481. The molecule has 2 atom stereocenters. The van der Waals surface area contributed by atoms with Gasteiger partial charge >= 0.3 is 12.3 Å². The lowest BCUT2D eigenvalue weighted by Crippen LogP contribution is -2.60. The number of alkyl halides is 3. The standard InChI is InChI=1S/C27H30ClF3N4O6Si/c1-26(2,3)42(4,5)41-19-12-33(8-6-18(19)35-20(36)14-40-25(35)38)24(37)21-22(28)34-11-16(15-7-9-39-13-15)10-17(23(34)32-21)27(29,30)31/h7,9-11,13,18-19H,6,8,12,14H2,1-5H3. The minimum atomic E-state index is -4.78. The van der Waals surface area contributed by atoms with Crippen LogP contribution >= 0.6 is 11.6 Å². The van der Waals surface area contributed by atoms with Gasteiger partial charge in [-0.3, -0.25) is 14.0 Å². The Hall–Kier alpha value is -3.36. The van der Waals surface area contributed by atoms with Crippen LogP contribution in [0.1, 0.15) is 43.2 Å². The van der Waals surface area contributed by atoms with E-state index in [2.05, 4.69) is 4.98 Å². The zero-order chi connectivity index (χ0) is 30.8. The molecule has 0 spiro atoms. The number of amides is 3. The molecule has 2 fully saturated rings. The normalized spacial score (nSPS) is 20.5. The Bertz CT molecular complexity index is 1530. The summed E-state index contributed by atoms with van der Waals surface area (Å²) in [4.78, 5) is 45.2. The highest BCUT2D eigenvalue weighted by molar-refractivity contribution is 6.74. The van der Waals surface area contributed by atoms with Crippen molar-refractivity contribution in [3.8, 4) is 11.1 Å². The third kappa shape index (κ3) is 5.31. The van der Waals surface area contributed by atoms with Crippen LogP contribution in [0.25, 0.3) is 16.8 Å². The van der Waals surface area contributed by atoms with E-state index in [1.807, 2.05) is 33.9 Å². The third-order valence-corrected chi connectivity index (χ3v) is 13.1. The summed E-state index contributed by atoms with van der Waals surface area (Å²) in [5.41, 5.74) is -1.37. The molecule has 2 unspecified atom stereocenters. The van der Waals surface area contributed by atoms with Crippen LogP contribution in [0, 0.1) is 0 Å². The Morgan fingerprint density at radius 2 is 1.90 bits per heavy atom. The molecule has 42 heavy (non-hydrogen) atoms. The highest BCUT2D eigenvalue weighted by atomic mass is 35.5. The molecule has 0 saturated carbocycles. The van der Waals surface area contributed by atoms with Gasteiger partial charge in [-0.15, -0.1) is 0 Å². The maximum atomic E-state index is 14.1. The summed E-state index contributed by atoms with van der Waals surface area (Å²) in [5.74, 6) is -1.19. The number of piperidine rings is 1. The molecule has 15 heteroatoms. The first kappa shape index (κ1) is 30.1. The number of furan rings is 1. The van der Waals surface area contributed by atoms with Crippen LogP contribution in [-0.2, 0) is 20.1 Å². The number of hydrogen-bond donors (Lipinski definition) is 0. The topological polar surface area (TPSA) is 107 Å². The van der Waals surface area contributed by atoms with Gasteiger partial charge in [0, 0.05) is 30.4 Å². The van der Waals surface area contributed by atoms with Crippen LogP contribution in [0.15, 0.2) is 35.3 Å². The highest BCUT2D eigenvalue weighted by Crippen LogP contribution is 2.40. The molecule has 2 saturated heterocycles. The fourth-order valence-corrected chi connectivity index (χ4v) is 6.53. The summed E-state index contributed by atoms with van der Waals surface area (Å²) >= 11 is 6.52. The number of hydrogen-bond acceptors (Lipinski definition) is 7. The molecule has 2 aliphatic rings. The van der Waals surface area contributed by atoms with E-state index in [1.54, 1.807) is 0 Å². The van der Waals surface area contributed by atoms with Gasteiger partial charge in [0.2, 0.25) is 0 Å². The SMILES string of the molecule is CC(C)(C)[Si](C)(C)OC1CN(C(=O)c2nc3c(C(F)(F)F)cc(-c4ccoc4)cn3c2Cl)CCC1N1C(=O)COC1=O. The van der Waals surface area contributed by atoms with E-state index in [0.29, 0.717) is 5.56 Å². The lowest BCUT2D eigenvalue weighted by atomic mass is 10.00. The van der Waals surface area contributed by atoms with E-state index in [4.69, 9.17) is 25.2 Å². The predicted octanol–water partition coefficient (Wildman–Crippen LogP) is 5.85. The molecular weight excluding hydrogens is 597 g/mol. The number of pyridine rings is 1. The summed E-state index contributed by atoms with van der Waals surface area (Å²) in [6.45, 7) is 9.77. The van der Waals surface area contributed by atoms with Gasteiger partial charge in [-0.05, 0) is 36.7 Å². The molecule has 3 amide bonds. The molecule has 0 radical (unpaired) electrons. The summed E-state index contributed by atoms with van der Waals surface area (Å²) in [5, 5.41) is -0.515. The van der Waals surface area contributed by atoms with Crippen LogP contribution in [0.3, 0.4) is 0 Å². The van der Waals surface area contributed by atoms with Crippen LogP contribution in [-0.4, -0.2) is 77.3 Å². The van der Waals surface area contributed by atoms with Crippen molar-refractivity contribution in [1.82, 2.24) is 19.2 Å². The van der Waals surface area contributed by atoms with Gasteiger partial charge in [0.05, 0.1) is 30.2 Å². The second-order valence-corrected chi connectivity index (χ2v) is 17.1. The van der Waals surface area contributed by atoms with Crippen LogP contribution in [0.5, 0.6) is 0 Å². The van der Waals surface area contributed by atoms with E-state index >= 15 is 0 Å². The van der Waals surface area contributed by atoms with E-state index in [9.17, 15) is 27.6 Å². The summed E-state index contributed by atoms with van der Waals surface area (Å²) in [6.07, 6.45) is -2.15. The molecule has 5 heterocycles. The lowest BCUT2D eigenvalue weighted by Gasteiger charge is -2.46. The first-order valence-electron chi connectivity index (χ1n) is 13.3. The Morgan fingerprint density at radius 1 is 1.19 bits per heavy atom. The monoisotopic (exact) mass is 626 g/mol. The van der Waals surface area contributed by atoms with Crippen molar-refractivity contribution >= 4 is 43.5 Å². The number of rotatable bonds is 5. The molecule has 0 aromatic carbocycles. The molecule has 10 nitrogen and oxygen atoms in total. The summed E-state index contributed by atoms with van der Waals surface area (Å²) < 4.78 is 59.9. The molecular formula is C27H30ClF3N4O6Si. The minimum absolute atomic E-state index is 0.0380. The Morgan fingerprint density at radius 3 is 2.48 bits per heavy atom. The zero-order valence-corrected chi connectivity index (χ0v) is 25.4. The van der Waals surface area contributed by atoms with E-state index in [-0.39, 0.29) is 47.6 Å². The average molecular weight is 627 g/mol. The number of imidazole rings is 1. The second kappa shape index (κ2) is 10.4. The number of likely N-dealkylation sites (tertiary alicyclic amines) is 1. The maximum Gasteiger partial charge on any atom is 0.420 e. The first-order valence-corrected chi connectivity index (χ1v) is 16.6. The summed E-state index contributed by atoms with van der Waals surface area (Å²) in [7, 11) is -2.48. The summed E-state index contributed by atoms with van der Waals surface area (Å²) in [6, 6.07) is 1.75. The molecule has 3 aromatic rings. The molecule has 0 aliphatic carbocycles. The van der Waals surface area contributed by atoms with Crippen molar-refractivity contribution in [2.75, 3.05) is 19.7 Å². The number of imide groups is 1. The lowest BCUT2D eigenvalue weighted by molar-refractivity contribution is -0.136. The first-order chi connectivity index (χ1) is 19.5. The van der Waals surface area contributed by atoms with Crippen molar-refractivity contribution in [2.24, 2.45) is 0 Å². The highest BCUT2D eigenvalue weighted by Gasteiger charge is 2.49. The molecule has 2 aliphatic heterocycles. The number of cyclic esters (lactones) is 1. The van der Waals surface area contributed by atoms with Gasteiger partial charge in [0.1, 0.15) is 5.15 Å². The average Bonchev–Trinajstić information content (AvgIpc) is 3.62. The number of carbonyl (C=O) groups excluding carboxylic acids is 3. The number of fused-ring (bicyclic) bond motifs is 1. The zero-order valence-electron chi connectivity index (χ0n) is 23.6. The Labute approximate surface area is 245 Å². The van der Waals surface area contributed by atoms with Gasteiger partial charge in [0.15, 0.2) is 26.3 Å². The fourth-order valence-electron chi connectivity index (χ4n) is 4.94. The quantitative estimate of drug-likeness (QED) is 0.327. The predicted molar refractivity (Wildman–Crippen MR) is 147 cm³/mol. The number of ether oxygens (including phenoxy) is 1. The Balaban J connectivity index is 1.51. The van der Waals surface area contributed by atoms with Crippen LogP contribution < -0.4 is 0 Å². The van der Waals surface area contributed by atoms with E-state index in [0.717, 1.165) is 15.4 Å². The van der Waals surface area contributed by atoms with Crippen molar-refractivity contribution in [3.05, 3.63) is 47.3 Å². The molecule has 226 valence electrons. The third-order valence-electron chi connectivity index (χ3n) is 8.20. The smallest absolute Gasteiger partial charge is 0.420 e. The van der Waals surface area contributed by atoms with Gasteiger partial charge in [-0.1, -0.05) is 32.4 Å². The van der Waals surface area contributed by atoms with E-state index in [1.165, 1.54) is 29.7 Å². The van der Waals surface area contributed by atoms with Crippen molar-refractivity contribution in [3.63, 3.8) is 0 Å². The second-order valence-electron chi connectivity index (χ2n) is 11.9. The van der Waals surface area contributed by atoms with Crippen LogP contribution in [0.2, 0.25) is 23.3 Å². The van der Waals surface area contributed by atoms with Gasteiger partial charge in [-0.25, -0.2) is 14.7 Å². The minimum Gasteiger partial charge on any atom is -0.472 e. The number of aromatic nitrogens is 2. The van der Waals surface area contributed by atoms with Gasteiger partial charge in [0.25, 0.3) is 11.8 Å². The largest absolute Gasteiger partial charge is 0.472 e. The molecule has 5 rings (SSSR count). The molecule has 0 N–H and O–H groups in total. The number of carbonyl (C=O) groups is 3.